The highest BCUT2D eigenvalue weighted by atomic mass is 35.5. The van der Waals surface area contributed by atoms with Crippen molar-refractivity contribution in [2.45, 2.75) is 0 Å². The lowest BCUT2D eigenvalue weighted by atomic mass is 10.2. The molecule has 0 aliphatic rings. The third-order valence-corrected chi connectivity index (χ3v) is 3.30. The van der Waals surface area contributed by atoms with Crippen LogP contribution in [0.2, 0.25) is 5.15 Å². The van der Waals surface area contributed by atoms with Crippen molar-refractivity contribution in [3.05, 3.63) is 52.1 Å². The van der Waals surface area contributed by atoms with Crippen LogP contribution in [-0.4, -0.2) is 27.0 Å². The number of hydrogen-bond donors (Lipinski definition) is 0. The van der Waals surface area contributed by atoms with Gasteiger partial charge in [0.1, 0.15) is 17.2 Å². The number of halogens is 1. The molecule has 8 nitrogen and oxygen atoms in total. The van der Waals surface area contributed by atoms with Crippen LogP contribution in [0.1, 0.15) is 0 Å². The first-order valence-electron chi connectivity index (χ1n) is 6.35. The van der Waals surface area contributed by atoms with E-state index in [9.17, 15) is 10.1 Å². The van der Waals surface area contributed by atoms with E-state index in [0.717, 1.165) is 0 Å². The number of aromatic nitrogens is 3. The summed E-state index contributed by atoms with van der Waals surface area (Å²) >= 11 is 6.02. The first kappa shape index (κ1) is 14.9. The molecule has 0 N–H and O–H groups in total. The maximum absolute atomic E-state index is 10.8. The summed E-state index contributed by atoms with van der Waals surface area (Å²) in [7, 11) is 1.32. The fourth-order valence-electron chi connectivity index (χ4n) is 1.97. The Hall–Kier alpha value is -3.00. The van der Waals surface area contributed by atoms with E-state index in [1.807, 2.05) is 0 Å². The van der Waals surface area contributed by atoms with Crippen molar-refractivity contribution in [2.24, 2.45) is 0 Å². The zero-order valence-corrected chi connectivity index (χ0v) is 12.5. The molecule has 116 valence electrons. The van der Waals surface area contributed by atoms with Crippen LogP contribution in [0.15, 0.2) is 36.8 Å². The Balaban J connectivity index is 1.95. The number of pyridine rings is 1. The van der Waals surface area contributed by atoms with E-state index in [4.69, 9.17) is 21.1 Å². The topological polar surface area (TPSA) is 100 Å². The average molecular weight is 333 g/mol. The maximum Gasteiger partial charge on any atom is 0.406 e. The minimum Gasteiger partial charge on any atom is -0.489 e. The molecule has 0 radical (unpaired) electrons. The van der Waals surface area contributed by atoms with Crippen molar-refractivity contribution in [1.29, 1.82) is 0 Å². The Morgan fingerprint density at radius 3 is 2.74 bits per heavy atom. The average Bonchev–Trinajstić information content (AvgIpc) is 2.55. The number of methoxy groups -OCH3 is 1. The van der Waals surface area contributed by atoms with Crippen LogP contribution in [0, 0.1) is 10.1 Å². The van der Waals surface area contributed by atoms with Crippen molar-refractivity contribution in [3.63, 3.8) is 0 Å². The number of hydrogen-bond acceptors (Lipinski definition) is 7. The van der Waals surface area contributed by atoms with Crippen molar-refractivity contribution < 1.29 is 14.4 Å². The molecule has 3 rings (SSSR count). The number of benzene rings is 1. The van der Waals surface area contributed by atoms with Gasteiger partial charge in [-0.2, -0.15) is 0 Å². The molecule has 0 unspecified atom stereocenters. The van der Waals surface area contributed by atoms with E-state index in [1.165, 1.54) is 25.7 Å². The zero-order chi connectivity index (χ0) is 16.4. The quantitative estimate of drug-likeness (QED) is 0.410. The van der Waals surface area contributed by atoms with E-state index >= 15 is 0 Å². The fourth-order valence-corrected chi connectivity index (χ4v) is 2.16. The Morgan fingerprint density at radius 1 is 1.17 bits per heavy atom. The van der Waals surface area contributed by atoms with Crippen LogP contribution in [0.25, 0.3) is 10.9 Å². The lowest BCUT2D eigenvalue weighted by Gasteiger charge is -2.07. The van der Waals surface area contributed by atoms with Gasteiger partial charge >= 0.3 is 5.82 Å². The highest BCUT2D eigenvalue weighted by molar-refractivity contribution is 6.34. The first-order chi connectivity index (χ1) is 11.1. The molecule has 2 heterocycles. The van der Waals surface area contributed by atoms with Crippen LogP contribution in [-0.2, 0) is 0 Å². The molecular weight excluding hydrogens is 324 g/mol. The fraction of sp³-hybridized carbons (Fsp3) is 0.0714. The summed E-state index contributed by atoms with van der Waals surface area (Å²) in [4.78, 5) is 21.9. The van der Waals surface area contributed by atoms with E-state index < -0.39 is 4.92 Å². The Labute approximate surface area is 134 Å². The molecule has 0 amide bonds. The van der Waals surface area contributed by atoms with Crippen molar-refractivity contribution >= 4 is 28.3 Å². The van der Waals surface area contributed by atoms with E-state index in [2.05, 4.69) is 15.0 Å². The molecule has 0 saturated heterocycles. The second-order valence-corrected chi connectivity index (χ2v) is 4.76. The minimum atomic E-state index is -0.629. The van der Waals surface area contributed by atoms with Gasteiger partial charge in [0.05, 0.1) is 12.6 Å². The predicted molar refractivity (Wildman–Crippen MR) is 82.1 cm³/mol. The van der Waals surface area contributed by atoms with Crippen LogP contribution >= 0.6 is 11.6 Å². The smallest absolute Gasteiger partial charge is 0.406 e. The van der Waals surface area contributed by atoms with Gasteiger partial charge in [0.25, 0.3) is 0 Å². The molecule has 0 spiro atoms. The summed E-state index contributed by atoms with van der Waals surface area (Å²) < 4.78 is 10.6. The van der Waals surface area contributed by atoms with Gasteiger partial charge in [-0.05, 0) is 28.1 Å². The molecule has 2 aromatic heterocycles. The molecule has 9 heteroatoms. The van der Waals surface area contributed by atoms with E-state index in [0.29, 0.717) is 27.6 Å². The second kappa shape index (κ2) is 6.01. The summed E-state index contributed by atoms with van der Waals surface area (Å²) in [6.45, 7) is 0. The van der Waals surface area contributed by atoms with E-state index in [-0.39, 0.29) is 11.6 Å². The van der Waals surface area contributed by atoms with Gasteiger partial charge in [-0.15, -0.1) is 0 Å². The molecule has 3 aromatic rings. The van der Waals surface area contributed by atoms with Crippen molar-refractivity contribution in [2.75, 3.05) is 7.11 Å². The monoisotopic (exact) mass is 332 g/mol. The Morgan fingerprint density at radius 2 is 2.00 bits per heavy atom. The summed E-state index contributed by atoms with van der Waals surface area (Å²) in [5.74, 6) is 0.385. The lowest BCUT2D eigenvalue weighted by Crippen LogP contribution is -1.97. The van der Waals surface area contributed by atoms with Gasteiger partial charge in [-0.1, -0.05) is 11.6 Å². The molecule has 0 aliphatic carbocycles. The SMILES string of the molecule is COc1cc(Oc2ccc3ncnc(Cl)c3c2)cnc1[N+](=O)[O-]. The molecule has 0 fully saturated rings. The maximum atomic E-state index is 10.8. The third-order valence-electron chi connectivity index (χ3n) is 2.99. The number of nitro groups is 1. The summed E-state index contributed by atoms with van der Waals surface area (Å²) in [5.41, 5.74) is 0.678. The largest absolute Gasteiger partial charge is 0.489 e. The highest BCUT2D eigenvalue weighted by Gasteiger charge is 2.18. The van der Waals surface area contributed by atoms with Crippen LogP contribution < -0.4 is 9.47 Å². The molecule has 0 aliphatic heterocycles. The predicted octanol–water partition coefficient (Wildman–Crippen LogP) is 3.39. The Bertz CT molecular complexity index is 903. The summed E-state index contributed by atoms with van der Waals surface area (Å²) in [5, 5.41) is 11.8. The van der Waals surface area contributed by atoms with Gasteiger partial charge < -0.3 is 19.6 Å². The van der Waals surface area contributed by atoms with E-state index in [1.54, 1.807) is 18.2 Å². The molecule has 0 atom stereocenters. The number of fused-ring (bicyclic) bond motifs is 1. The number of rotatable bonds is 4. The normalized spacial score (nSPS) is 10.5. The third kappa shape index (κ3) is 2.97. The second-order valence-electron chi connectivity index (χ2n) is 4.40. The molecule has 23 heavy (non-hydrogen) atoms. The zero-order valence-electron chi connectivity index (χ0n) is 11.8. The van der Waals surface area contributed by atoms with Crippen LogP contribution in [0.3, 0.4) is 0 Å². The highest BCUT2D eigenvalue weighted by Crippen LogP contribution is 2.32. The van der Waals surface area contributed by atoms with Crippen molar-refractivity contribution in [1.82, 2.24) is 15.0 Å². The van der Waals surface area contributed by atoms with Gasteiger partial charge in [0.15, 0.2) is 11.9 Å². The van der Waals surface area contributed by atoms with Gasteiger partial charge in [0.2, 0.25) is 5.75 Å². The van der Waals surface area contributed by atoms with Gasteiger partial charge in [-0.25, -0.2) is 9.97 Å². The first-order valence-corrected chi connectivity index (χ1v) is 6.73. The molecule has 0 saturated carbocycles. The van der Waals surface area contributed by atoms with Crippen molar-refractivity contribution in [3.8, 4) is 17.2 Å². The summed E-state index contributed by atoms with van der Waals surface area (Å²) in [6, 6.07) is 6.48. The minimum absolute atomic E-state index is 0.00894. The number of nitrogens with zero attached hydrogens (tertiary/aromatic N) is 4. The summed E-state index contributed by atoms with van der Waals surface area (Å²) in [6.07, 6.45) is 2.62. The Kier molecular flexibility index (Phi) is 3.90. The molecule has 0 bridgehead atoms. The lowest BCUT2D eigenvalue weighted by molar-refractivity contribution is -0.390. The van der Waals surface area contributed by atoms with Crippen LogP contribution in [0.5, 0.6) is 17.2 Å². The van der Waals surface area contributed by atoms with Gasteiger partial charge in [0, 0.05) is 11.5 Å². The standard InChI is InChI=1S/C14H9ClN4O4/c1-22-12-5-9(6-16-14(12)19(20)21)23-8-2-3-11-10(4-8)13(15)18-7-17-11/h2-7H,1H3. The van der Waals surface area contributed by atoms with Crippen LogP contribution in [0.4, 0.5) is 5.82 Å². The molecule has 1 aromatic carbocycles. The van der Waals surface area contributed by atoms with Gasteiger partial charge in [-0.3, -0.25) is 0 Å². The number of ether oxygens (including phenoxy) is 2. The molecular formula is C14H9ClN4O4.